The van der Waals surface area contributed by atoms with Crippen molar-refractivity contribution in [1.29, 1.82) is 0 Å². The quantitative estimate of drug-likeness (QED) is 0.207. The SMILES string of the molecule is c1ccc2cc3nc4c(nc3cc2c1)c1cc(-c2ccc3oc5ccccc5c3c2)cc2c3ccccc3n4c21. The van der Waals surface area contributed by atoms with Crippen LogP contribution in [0.25, 0.3) is 93.2 Å². The van der Waals surface area contributed by atoms with Gasteiger partial charge in [0.1, 0.15) is 16.7 Å². The van der Waals surface area contributed by atoms with Gasteiger partial charge in [0.05, 0.1) is 22.1 Å². The van der Waals surface area contributed by atoms with Gasteiger partial charge in [-0.3, -0.25) is 4.40 Å². The van der Waals surface area contributed by atoms with Crippen molar-refractivity contribution >= 4 is 82.1 Å². The van der Waals surface area contributed by atoms with Crippen LogP contribution >= 0.6 is 0 Å². The maximum Gasteiger partial charge on any atom is 0.165 e. The van der Waals surface area contributed by atoms with E-state index in [4.69, 9.17) is 14.4 Å². The molecule has 40 heavy (non-hydrogen) atoms. The van der Waals surface area contributed by atoms with Gasteiger partial charge in [0.25, 0.3) is 0 Å². The van der Waals surface area contributed by atoms with E-state index in [0.717, 1.165) is 66.2 Å². The number of hydrogen-bond donors (Lipinski definition) is 0. The lowest BCUT2D eigenvalue weighted by atomic mass is 9.99. The normalized spacial score (nSPS) is 12.5. The number of hydrogen-bond acceptors (Lipinski definition) is 3. The molecule has 4 aromatic heterocycles. The number of nitrogens with zero attached hydrogens (tertiary/aromatic N) is 3. The summed E-state index contributed by atoms with van der Waals surface area (Å²) in [6.07, 6.45) is 0. The monoisotopic (exact) mass is 509 g/mol. The molecule has 0 bridgehead atoms. The van der Waals surface area contributed by atoms with Crippen molar-refractivity contribution in [3.63, 3.8) is 0 Å². The molecule has 0 radical (unpaired) electrons. The van der Waals surface area contributed by atoms with E-state index in [9.17, 15) is 0 Å². The highest BCUT2D eigenvalue weighted by Gasteiger charge is 2.21. The Morgan fingerprint density at radius 1 is 0.500 bits per heavy atom. The van der Waals surface area contributed by atoms with Crippen molar-refractivity contribution in [2.45, 2.75) is 0 Å². The fourth-order valence-corrected chi connectivity index (χ4v) is 6.64. The van der Waals surface area contributed by atoms with E-state index in [1.54, 1.807) is 0 Å². The minimum absolute atomic E-state index is 0.900. The maximum absolute atomic E-state index is 6.11. The van der Waals surface area contributed by atoms with Gasteiger partial charge >= 0.3 is 0 Å². The largest absolute Gasteiger partial charge is 0.456 e. The first-order valence-corrected chi connectivity index (χ1v) is 13.5. The molecule has 184 valence electrons. The van der Waals surface area contributed by atoms with Crippen LogP contribution in [0.4, 0.5) is 0 Å². The van der Waals surface area contributed by atoms with E-state index in [1.807, 2.05) is 12.1 Å². The third-order valence-corrected chi connectivity index (χ3v) is 8.46. The number of para-hydroxylation sites is 2. The number of rotatable bonds is 1. The molecule has 0 N–H and O–H groups in total. The average molecular weight is 510 g/mol. The molecule has 4 heteroatoms. The number of furan rings is 1. The van der Waals surface area contributed by atoms with E-state index in [2.05, 4.69) is 108 Å². The van der Waals surface area contributed by atoms with Crippen molar-refractivity contribution in [1.82, 2.24) is 14.4 Å². The lowest BCUT2D eigenvalue weighted by Crippen LogP contribution is -1.89. The summed E-state index contributed by atoms with van der Waals surface area (Å²) in [4.78, 5) is 10.5. The second-order valence-electron chi connectivity index (χ2n) is 10.7. The summed E-state index contributed by atoms with van der Waals surface area (Å²) < 4.78 is 8.41. The van der Waals surface area contributed by atoms with Gasteiger partial charge in [0, 0.05) is 26.9 Å². The Labute approximate surface area is 227 Å². The van der Waals surface area contributed by atoms with E-state index in [-0.39, 0.29) is 0 Å². The predicted octanol–water partition coefficient (Wildman–Crippen LogP) is 9.50. The van der Waals surface area contributed by atoms with Crippen LogP contribution in [0.1, 0.15) is 0 Å². The van der Waals surface area contributed by atoms with Crippen molar-refractivity contribution in [2.24, 2.45) is 0 Å². The summed E-state index contributed by atoms with van der Waals surface area (Å²) in [7, 11) is 0. The molecule has 0 spiro atoms. The van der Waals surface area contributed by atoms with Crippen LogP contribution in [0.15, 0.2) is 120 Å². The van der Waals surface area contributed by atoms with Gasteiger partial charge in [0.15, 0.2) is 5.65 Å². The first-order chi connectivity index (χ1) is 19.8. The van der Waals surface area contributed by atoms with E-state index >= 15 is 0 Å². The number of benzene rings is 6. The number of aromatic nitrogens is 3. The summed E-state index contributed by atoms with van der Waals surface area (Å²) in [6.45, 7) is 0. The first kappa shape index (κ1) is 20.5. The molecule has 0 unspecified atom stereocenters. The average Bonchev–Trinajstić information content (AvgIpc) is 3.64. The Balaban J connectivity index is 1.35. The van der Waals surface area contributed by atoms with Crippen molar-refractivity contribution < 1.29 is 4.42 Å². The summed E-state index contributed by atoms with van der Waals surface area (Å²) in [5.41, 5.74) is 10.1. The molecule has 10 rings (SSSR count). The molecular formula is C36H19N3O. The topological polar surface area (TPSA) is 43.3 Å². The van der Waals surface area contributed by atoms with Crippen LogP contribution in [-0.4, -0.2) is 14.4 Å². The van der Waals surface area contributed by atoms with Gasteiger partial charge < -0.3 is 4.42 Å². The molecule has 0 saturated carbocycles. The van der Waals surface area contributed by atoms with Crippen LogP contribution in [-0.2, 0) is 0 Å². The van der Waals surface area contributed by atoms with Crippen LogP contribution in [0, 0.1) is 0 Å². The standard InChI is InChI=1S/C36H19N3O/c1-2-8-21-19-30-29(18-20(21)7-1)37-34-28-17-23(22-13-14-33-26(15-22)25-10-4-6-12-32(25)40-33)16-27-24-9-3-5-11-31(24)39(35(27)28)36(34)38-30/h1-19H. The maximum atomic E-state index is 6.11. The lowest BCUT2D eigenvalue weighted by Gasteiger charge is -2.05. The van der Waals surface area contributed by atoms with E-state index in [0.29, 0.717) is 0 Å². The summed E-state index contributed by atoms with van der Waals surface area (Å²) in [5.74, 6) is 0. The van der Waals surface area contributed by atoms with Gasteiger partial charge in [0.2, 0.25) is 0 Å². The van der Waals surface area contributed by atoms with Gasteiger partial charge in [-0.1, -0.05) is 66.7 Å². The first-order valence-electron chi connectivity index (χ1n) is 13.5. The molecule has 6 aromatic carbocycles. The minimum Gasteiger partial charge on any atom is -0.456 e. The van der Waals surface area contributed by atoms with Gasteiger partial charge in [-0.05, 0) is 70.4 Å². The van der Waals surface area contributed by atoms with Crippen LogP contribution in [0.3, 0.4) is 0 Å². The second kappa shape index (κ2) is 7.13. The highest BCUT2D eigenvalue weighted by Crippen LogP contribution is 2.42. The minimum atomic E-state index is 0.900. The Hall–Kier alpha value is -5.48. The Bertz CT molecular complexity index is 2660. The van der Waals surface area contributed by atoms with Crippen molar-refractivity contribution in [3.8, 4) is 11.1 Å². The smallest absolute Gasteiger partial charge is 0.165 e. The molecular weight excluding hydrogens is 490 g/mol. The zero-order valence-corrected chi connectivity index (χ0v) is 21.2. The fraction of sp³-hybridized carbons (Fsp3) is 0. The molecule has 0 saturated heterocycles. The van der Waals surface area contributed by atoms with Crippen LogP contribution < -0.4 is 0 Å². The molecule has 0 aliphatic heterocycles. The summed E-state index contributed by atoms with van der Waals surface area (Å²) in [5, 5.41) is 8.18. The molecule has 0 fully saturated rings. The van der Waals surface area contributed by atoms with Crippen molar-refractivity contribution in [3.05, 3.63) is 115 Å². The molecule has 0 atom stereocenters. The third-order valence-electron chi connectivity index (χ3n) is 8.46. The summed E-state index contributed by atoms with van der Waals surface area (Å²) in [6, 6.07) is 40.7. The van der Waals surface area contributed by atoms with Crippen LogP contribution in [0.5, 0.6) is 0 Å². The summed E-state index contributed by atoms with van der Waals surface area (Å²) >= 11 is 0. The Morgan fingerprint density at radius 3 is 2.05 bits per heavy atom. The van der Waals surface area contributed by atoms with Crippen LogP contribution in [0.2, 0.25) is 0 Å². The van der Waals surface area contributed by atoms with Gasteiger partial charge in [-0.25, -0.2) is 9.97 Å². The molecule has 10 aromatic rings. The van der Waals surface area contributed by atoms with E-state index < -0.39 is 0 Å². The van der Waals surface area contributed by atoms with Gasteiger partial charge in [-0.15, -0.1) is 0 Å². The highest BCUT2D eigenvalue weighted by molar-refractivity contribution is 6.24. The Kier molecular flexibility index (Phi) is 3.65. The molecule has 0 amide bonds. The second-order valence-corrected chi connectivity index (χ2v) is 10.7. The highest BCUT2D eigenvalue weighted by atomic mass is 16.3. The zero-order valence-electron chi connectivity index (χ0n) is 21.2. The van der Waals surface area contributed by atoms with Crippen molar-refractivity contribution in [2.75, 3.05) is 0 Å². The fourth-order valence-electron chi connectivity index (χ4n) is 6.64. The molecule has 4 heterocycles. The Morgan fingerprint density at radius 2 is 1.18 bits per heavy atom. The zero-order chi connectivity index (χ0) is 25.9. The molecule has 4 nitrogen and oxygen atoms in total. The predicted molar refractivity (Wildman–Crippen MR) is 164 cm³/mol. The molecule has 0 aliphatic rings. The number of fused-ring (bicyclic) bond motifs is 11. The third kappa shape index (κ3) is 2.55. The lowest BCUT2D eigenvalue weighted by molar-refractivity contribution is 0.669. The molecule has 0 aliphatic carbocycles. The van der Waals surface area contributed by atoms with E-state index in [1.165, 1.54) is 27.1 Å². The van der Waals surface area contributed by atoms with Gasteiger partial charge in [-0.2, -0.15) is 0 Å².